The van der Waals surface area contributed by atoms with E-state index in [1.807, 2.05) is 36.0 Å². The molecule has 2 heterocycles. The van der Waals surface area contributed by atoms with Crippen molar-refractivity contribution >= 4 is 22.2 Å². The molecule has 3 nitrogen and oxygen atoms in total. The van der Waals surface area contributed by atoms with Gasteiger partial charge >= 0.3 is 0 Å². The Balaban J connectivity index is 1.89. The normalized spacial score (nSPS) is 12.7. The van der Waals surface area contributed by atoms with Crippen LogP contribution in [0.1, 0.15) is 16.6 Å². The number of para-hydroxylation sites is 1. The monoisotopic (exact) mass is 255 g/mol. The molecule has 0 bridgehead atoms. The number of benzene rings is 1. The molecule has 2 N–H and O–H groups in total. The van der Waals surface area contributed by atoms with Gasteiger partial charge in [0.25, 0.3) is 0 Å². The molecule has 18 heavy (non-hydrogen) atoms. The fraction of sp³-hybridized carbons (Fsp3) is 0.143. The minimum absolute atomic E-state index is 0.0740. The van der Waals surface area contributed by atoms with Gasteiger partial charge in [0.2, 0.25) is 0 Å². The van der Waals surface area contributed by atoms with E-state index in [4.69, 9.17) is 5.73 Å². The van der Waals surface area contributed by atoms with Crippen LogP contribution in [0.4, 0.5) is 0 Å². The molecule has 0 aliphatic heterocycles. The predicted octanol–water partition coefficient (Wildman–Crippen LogP) is 2.93. The third-order valence-electron chi connectivity index (χ3n) is 2.90. The number of fused-ring (bicyclic) bond motifs is 1. The Morgan fingerprint density at radius 2 is 2.06 bits per heavy atom. The first-order valence-electron chi connectivity index (χ1n) is 5.81. The molecule has 0 spiro atoms. The van der Waals surface area contributed by atoms with E-state index in [9.17, 15) is 0 Å². The van der Waals surface area contributed by atoms with Gasteiger partial charge in [0.1, 0.15) is 0 Å². The Bertz CT molecular complexity index is 649. The van der Waals surface area contributed by atoms with Crippen LogP contribution in [-0.2, 0) is 6.42 Å². The summed E-state index contributed by atoms with van der Waals surface area (Å²) in [7, 11) is 0. The molecule has 0 saturated carbocycles. The first-order chi connectivity index (χ1) is 8.83. The summed E-state index contributed by atoms with van der Waals surface area (Å²) in [6, 6.07) is 12.1. The Labute approximate surface area is 109 Å². The average Bonchev–Trinajstić information content (AvgIpc) is 2.91. The summed E-state index contributed by atoms with van der Waals surface area (Å²) in [6.07, 6.45) is 2.65. The van der Waals surface area contributed by atoms with Crippen molar-refractivity contribution in [2.45, 2.75) is 12.5 Å². The molecule has 0 radical (unpaired) electrons. The second kappa shape index (κ2) is 4.84. The Morgan fingerprint density at radius 1 is 1.17 bits per heavy atom. The van der Waals surface area contributed by atoms with Crippen molar-refractivity contribution in [2.24, 2.45) is 5.73 Å². The summed E-state index contributed by atoms with van der Waals surface area (Å²) in [5.74, 6) is 0. The molecule has 4 heteroatoms. The lowest BCUT2D eigenvalue weighted by molar-refractivity contribution is 0.706. The number of thiazole rings is 1. The number of nitrogens with zero attached hydrogens (tertiary/aromatic N) is 2. The average molecular weight is 255 g/mol. The largest absolute Gasteiger partial charge is 0.322 e. The number of hydrogen-bond donors (Lipinski definition) is 1. The zero-order chi connectivity index (χ0) is 12.4. The number of nitrogens with two attached hydrogens (primary N) is 1. The van der Waals surface area contributed by atoms with Crippen LogP contribution in [0.2, 0.25) is 0 Å². The molecular formula is C14H13N3S. The van der Waals surface area contributed by atoms with E-state index in [1.54, 1.807) is 11.3 Å². The zero-order valence-corrected chi connectivity index (χ0v) is 10.6. The van der Waals surface area contributed by atoms with Crippen LogP contribution in [0.25, 0.3) is 10.9 Å². The minimum Gasteiger partial charge on any atom is -0.322 e. The molecule has 0 aliphatic rings. The van der Waals surface area contributed by atoms with Crippen LogP contribution < -0.4 is 5.73 Å². The summed E-state index contributed by atoms with van der Waals surface area (Å²) in [5, 5.41) is 1.14. The van der Waals surface area contributed by atoms with E-state index < -0.39 is 0 Å². The Hall–Kier alpha value is -1.78. The number of rotatable bonds is 3. The van der Waals surface area contributed by atoms with Gasteiger partial charge in [-0.2, -0.15) is 0 Å². The van der Waals surface area contributed by atoms with Crippen molar-refractivity contribution in [3.63, 3.8) is 0 Å². The highest BCUT2D eigenvalue weighted by Gasteiger charge is 2.10. The van der Waals surface area contributed by atoms with E-state index in [0.717, 1.165) is 23.0 Å². The molecule has 1 unspecified atom stereocenters. The molecule has 1 aromatic carbocycles. The minimum atomic E-state index is -0.0740. The molecular weight excluding hydrogens is 242 g/mol. The molecule has 90 valence electrons. The highest BCUT2D eigenvalue weighted by Crippen LogP contribution is 2.19. The Morgan fingerprint density at radius 3 is 2.89 bits per heavy atom. The van der Waals surface area contributed by atoms with Crippen molar-refractivity contribution in [3.05, 3.63) is 58.7 Å². The van der Waals surface area contributed by atoms with Crippen molar-refractivity contribution < 1.29 is 0 Å². The number of hydrogen-bond acceptors (Lipinski definition) is 4. The third kappa shape index (κ3) is 2.25. The second-order valence-electron chi connectivity index (χ2n) is 4.21. The van der Waals surface area contributed by atoms with E-state index >= 15 is 0 Å². The zero-order valence-electron chi connectivity index (χ0n) is 9.78. The van der Waals surface area contributed by atoms with Gasteiger partial charge in [0.05, 0.1) is 22.8 Å². The van der Waals surface area contributed by atoms with Crippen LogP contribution in [0.3, 0.4) is 0 Å². The van der Waals surface area contributed by atoms with Crippen LogP contribution in [0, 0.1) is 0 Å². The van der Waals surface area contributed by atoms with E-state index in [1.165, 1.54) is 4.88 Å². The summed E-state index contributed by atoms with van der Waals surface area (Å²) >= 11 is 1.63. The van der Waals surface area contributed by atoms with Crippen LogP contribution in [-0.4, -0.2) is 9.97 Å². The lowest BCUT2D eigenvalue weighted by Gasteiger charge is -2.10. The lowest BCUT2D eigenvalue weighted by atomic mass is 10.1. The predicted molar refractivity (Wildman–Crippen MR) is 74.5 cm³/mol. The van der Waals surface area contributed by atoms with Gasteiger partial charge in [-0.05, 0) is 12.1 Å². The highest BCUT2D eigenvalue weighted by atomic mass is 32.1. The molecule has 2 aromatic heterocycles. The molecule has 0 saturated heterocycles. The van der Waals surface area contributed by atoms with Crippen molar-refractivity contribution in [2.75, 3.05) is 0 Å². The van der Waals surface area contributed by atoms with Crippen molar-refractivity contribution in [3.8, 4) is 0 Å². The van der Waals surface area contributed by atoms with E-state index in [2.05, 4.69) is 22.1 Å². The van der Waals surface area contributed by atoms with E-state index in [0.29, 0.717) is 0 Å². The maximum Gasteiger partial charge on any atom is 0.0794 e. The highest BCUT2D eigenvalue weighted by molar-refractivity contribution is 7.09. The van der Waals surface area contributed by atoms with Gasteiger partial charge in [0.15, 0.2) is 0 Å². The smallest absolute Gasteiger partial charge is 0.0794 e. The quantitative estimate of drug-likeness (QED) is 0.783. The van der Waals surface area contributed by atoms with Crippen LogP contribution >= 0.6 is 11.3 Å². The first kappa shape index (κ1) is 11.3. The maximum absolute atomic E-state index is 6.19. The lowest BCUT2D eigenvalue weighted by Crippen LogP contribution is -2.14. The number of pyridine rings is 1. The fourth-order valence-corrected chi connectivity index (χ4v) is 2.61. The standard InChI is InChI=1S/C14H13N3S/c15-12(7-11-8-16-9-18-11)14-6-5-10-3-1-2-4-13(10)17-14/h1-6,8-9,12H,7,15H2. The molecule has 0 aliphatic carbocycles. The van der Waals surface area contributed by atoms with Gasteiger partial charge in [-0.15, -0.1) is 11.3 Å². The SMILES string of the molecule is NC(Cc1cncs1)c1ccc2ccccc2n1. The molecule has 0 amide bonds. The third-order valence-corrected chi connectivity index (χ3v) is 3.71. The number of aromatic nitrogens is 2. The Kier molecular flexibility index (Phi) is 3.04. The molecule has 0 fully saturated rings. The van der Waals surface area contributed by atoms with Gasteiger partial charge in [0, 0.05) is 22.9 Å². The van der Waals surface area contributed by atoms with Gasteiger partial charge in [-0.25, -0.2) is 0 Å². The summed E-state index contributed by atoms with van der Waals surface area (Å²) in [4.78, 5) is 9.87. The fourth-order valence-electron chi connectivity index (χ4n) is 1.95. The molecule has 3 aromatic rings. The van der Waals surface area contributed by atoms with Gasteiger partial charge in [-0.3, -0.25) is 9.97 Å². The second-order valence-corrected chi connectivity index (χ2v) is 5.18. The summed E-state index contributed by atoms with van der Waals surface area (Å²) in [6.45, 7) is 0. The first-order valence-corrected chi connectivity index (χ1v) is 6.69. The maximum atomic E-state index is 6.19. The van der Waals surface area contributed by atoms with Crippen molar-refractivity contribution in [1.29, 1.82) is 0 Å². The van der Waals surface area contributed by atoms with E-state index in [-0.39, 0.29) is 6.04 Å². The molecule has 3 rings (SSSR count). The van der Waals surface area contributed by atoms with Crippen LogP contribution in [0.5, 0.6) is 0 Å². The molecule has 1 atom stereocenters. The summed E-state index contributed by atoms with van der Waals surface area (Å²) in [5.41, 5.74) is 9.95. The van der Waals surface area contributed by atoms with Gasteiger partial charge < -0.3 is 5.73 Å². The van der Waals surface area contributed by atoms with Crippen molar-refractivity contribution in [1.82, 2.24) is 9.97 Å². The van der Waals surface area contributed by atoms with Gasteiger partial charge in [-0.1, -0.05) is 24.3 Å². The van der Waals surface area contributed by atoms with Crippen LogP contribution in [0.15, 0.2) is 48.1 Å². The summed E-state index contributed by atoms with van der Waals surface area (Å²) < 4.78 is 0. The topological polar surface area (TPSA) is 51.8 Å².